The average molecular weight is 402 g/mol. The second kappa shape index (κ2) is 7.94. The highest BCUT2D eigenvalue weighted by Crippen LogP contribution is 2.34. The maximum Gasteiger partial charge on any atom is 0.266 e. The molecule has 0 saturated carbocycles. The van der Waals surface area contributed by atoms with E-state index < -0.39 is 0 Å². The summed E-state index contributed by atoms with van der Waals surface area (Å²) in [5.74, 6) is -0.282. The predicted molar refractivity (Wildman–Crippen MR) is 111 cm³/mol. The second-order valence-corrected chi connectivity index (χ2v) is 7.84. The molecule has 5 nitrogen and oxygen atoms in total. The van der Waals surface area contributed by atoms with E-state index in [9.17, 15) is 9.59 Å². The van der Waals surface area contributed by atoms with Crippen LogP contribution in [0.25, 0.3) is 6.08 Å². The van der Waals surface area contributed by atoms with E-state index in [1.54, 1.807) is 17.1 Å². The zero-order chi connectivity index (χ0) is 18.7. The minimum Gasteiger partial charge on any atom is -0.289 e. The van der Waals surface area contributed by atoms with Gasteiger partial charge in [-0.15, -0.1) is 17.9 Å². The summed E-state index contributed by atoms with van der Waals surface area (Å²) in [7, 11) is 0. The SMILES string of the molecule is C=CCN1C(=O)/C(=C/c2csc(N(C(C)=O)c3ccccc3)n2)SC1=S. The number of carbonyl (C=O) groups excluding carboxylic acids is 2. The quantitative estimate of drug-likeness (QED) is 0.427. The van der Waals surface area contributed by atoms with Gasteiger partial charge in [-0.3, -0.25) is 19.4 Å². The molecule has 0 bridgehead atoms. The number of benzene rings is 1. The van der Waals surface area contributed by atoms with Gasteiger partial charge in [0.1, 0.15) is 4.32 Å². The molecule has 8 heteroatoms. The van der Waals surface area contributed by atoms with Crippen LogP contribution in [-0.4, -0.2) is 32.6 Å². The van der Waals surface area contributed by atoms with E-state index in [1.165, 1.54) is 34.9 Å². The molecule has 1 aliphatic heterocycles. The van der Waals surface area contributed by atoms with Crippen molar-refractivity contribution in [3.05, 3.63) is 59.0 Å². The minimum atomic E-state index is -0.152. The fraction of sp³-hybridized carbons (Fsp3) is 0.111. The standard InChI is InChI=1S/C18H15N3O2S3/c1-3-9-20-16(23)15(26-18(20)24)10-13-11-25-17(19-13)21(12(2)22)14-7-5-4-6-8-14/h3-8,10-11H,1,9H2,2H3/b15-10-. The van der Waals surface area contributed by atoms with Crippen LogP contribution in [0.2, 0.25) is 0 Å². The first-order valence-electron chi connectivity index (χ1n) is 7.69. The molecule has 26 heavy (non-hydrogen) atoms. The summed E-state index contributed by atoms with van der Waals surface area (Å²) < 4.78 is 0.506. The Kier molecular flexibility index (Phi) is 5.65. The van der Waals surface area contributed by atoms with Crippen molar-refractivity contribution in [2.45, 2.75) is 6.92 Å². The first-order valence-corrected chi connectivity index (χ1v) is 9.79. The summed E-state index contributed by atoms with van der Waals surface area (Å²) in [4.78, 5) is 32.6. The molecule has 1 aliphatic rings. The zero-order valence-corrected chi connectivity index (χ0v) is 16.4. The van der Waals surface area contributed by atoms with E-state index in [4.69, 9.17) is 12.2 Å². The lowest BCUT2D eigenvalue weighted by atomic mass is 10.3. The molecular formula is C18H15N3O2S3. The fourth-order valence-corrected chi connectivity index (χ4v) is 4.47. The summed E-state index contributed by atoms with van der Waals surface area (Å²) in [6.07, 6.45) is 3.34. The Morgan fingerprint density at radius 2 is 2.12 bits per heavy atom. The third-order valence-corrected chi connectivity index (χ3v) is 5.72. The van der Waals surface area contributed by atoms with Crippen molar-refractivity contribution in [3.8, 4) is 0 Å². The molecule has 0 N–H and O–H groups in total. The molecule has 3 rings (SSSR count). The minimum absolute atomic E-state index is 0.130. The Balaban J connectivity index is 1.88. The zero-order valence-electron chi connectivity index (χ0n) is 13.9. The summed E-state index contributed by atoms with van der Waals surface area (Å²) >= 11 is 7.82. The van der Waals surface area contributed by atoms with Gasteiger partial charge in [-0.1, -0.05) is 48.3 Å². The van der Waals surface area contributed by atoms with Crippen molar-refractivity contribution >= 4 is 68.3 Å². The van der Waals surface area contributed by atoms with Gasteiger partial charge in [-0.2, -0.15) is 0 Å². The number of para-hydroxylation sites is 1. The number of thioether (sulfide) groups is 1. The normalized spacial score (nSPS) is 15.6. The number of nitrogens with zero attached hydrogens (tertiary/aromatic N) is 3. The van der Waals surface area contributed by atoms with Crippen molar-refractivity contribution in [2.75, 3.05) is 11.4 Å². The number of carbonyl (C=O) groups is 2. The molecule has 0 atom stereocenters. The highest BCUT2D eigenvalue weighted by Gasteiger charge is 2.31. The Morgan fingerprint density at radius 3 is 2.77 bits per heavy atom. The molecule has 1 aromatic carbocycles. The molecule has 1 aromatic heterocycles. The lowest BCUT2D eigenvalue weighted by Gasteiger charge is -2.17. The third-order valence-electron chi connectivity index (χ3n) is 3.49. The number of hydrogen-bond donors (Lipinski definition) is 0. The van der Waals surface area contributed by atoms with E-state index in [2.05, 4.69) is 11.6 Å². The van der Waals surface area contributed by atoms with E-state index in [0.29, 0.717) is 26.6 Å². The van der Waals surface area contributed by atoms with E-state index >= 15 is 0 Å². The second-order valence-electron chi connectivity index (χ2n) is 5.33. The fourth-order valence-electron chi connectivity index (χ4n) is 2.37. The highest BCUT2D eigenvalue weighted by atomic mass is 32.2. The first kappa shape index (κ1) is 18.5. The molecule has 0 spiro atoms. The molecule has 0 radical (unpaired) electrons. The number of thiocarbonyl (C=S) groups is 1. The molecule has 2 amide bonds. The number of anilines is 2. The van der Waals surface area contributed by atoms with Gasteiger partial charge in [0.05, 0.1) is 16.3 Å². The van der Waals surface area contributed by atoms with Gasteiger partial charge in [0, 0.05) is 18.8 Å². The summed E-state index contributed by atoms with van der Waals surface area (Å²) in [6.45, 7) is 5.52. The molecule has 1 saturated heterocycles. The van der Waals surface area contributed by atoms with E-state index in [-0.39, 0.29) is 11.8 Å². The summed E-state index contributed by atoms with van der Waals surface area (Å²) in [6, 6.07) is 9.32. The Hall–Kier alpha value is -2.29. The summed E-state index contributed by atoms with van der Waals surface area (Å²) in [5, 5.41) is 2.37. The molecule has 2 aromatic rings. The van der Waals surface area contributed by atoms with Crippen molar-refractivity contribution in [3.63, 3.8) is 0 Å². The van der Waals surface area contributed by atoms with Crippen LogP contribution in [0, 0.1) is 0 Å². The molecular weight excluding hydrogens is 386 g/mol. The highest BCUT2D eigenvalue weighted by molar-refractivity contribution is 8.26. The van der Waals surface area contributed by atoms with Crippen LogP contribution < -0.4 is 4.90 Å². The first-order chi connectivity index (χ1) is 12.5. The maximum absolute atomic E-state index is 12.4. The van der Waals surface area contributed by atoms with Crippen molar-refractivity contribution in [1.82, 2.24) is 9.88 Å². The maximum atomic E-state index is 12.4. The van der Waals surface area contributed by atoms with Crippen LogP contribution in [0.5, 0.6) is 0 Å². The van der Waals surface area contributed by atoms with Gasteiger partial charge in [0.2, 0.25) is 5.91 Å². The third kappa shape index (κ3) is 3.77. The van der Waals surface area contributed by atoms with Crippen molar-refractivity contribution in [1.29, 1.82) is 0 Å². The van der Waals surface area contributed by atoms with Crippen molar-refractivity contribution < 1.29 is 9.59 Å². The number of rotatable bonds is 5. The van der Waals surface area contributed by atoms with Crippen LogP contribution in [-0.2, 0) is 9.59 Å². The summed E-state index contributed by atoms with van der Waals surface area (Å²) in [5.41, 5.74) is 1.37. The largest absolute Gasteiger partial charge is 0.289 e. The predicted octanol–water partition coefficient (Wildman–Crippen LogP) is 4.21. The molecule has 0 aliphatic carbocycles. The van der Waals surface area contributed by atoms with E-state index in [1.807, 2.05) is 35.7 Å². The van der Waals surface area contributed by atoms with Gasteiger partial charge in [0.15, 0.2) is 5.13 Å². The van der Waals surface area contributed by atoms with Gasteiger partial charge < -0.3 is 0 Å². The van der Waals surface area contributed by atoms with E-state index in [0.717, 1.165) is 5.69 Å². The monoisotopic (exact) mass is 401 g/mol. The van der Waals surface area contributed by atoms with Gasteiger partial charge in [-0.25, -0.2) is 4.98 Å². The lowest BCUT2D eigenvalue weighted by Crippen LogP contribution is -2.27. The van der Waals surface area contributed by atoms with Crippen LogP contribution >= 0.6 is 35.3 Å². The number of thiazole rings is 1. The van der Waals surface area contributed by atoms with Gasteiger partial charge in [-0.05, 0) is 18.2 Å². The molecule has 132 valence electrons. The molecule has 1 fully saturated rings. The Morgan fingerprint density at radius 1 is 1.38 bits per heavy atom. The van der Waals surface area contributed by atoms with Gasteiger partial charge >= 0.3 is 0 Å². The van der Waals surface area contributed by atoms with Gasteiger partial charge in [0.25, 0.3) is 5.91 Å². The molecule has 0 unspecified atom stereocenters. The smallest absolute Gasteiger partial charge is 0.266 e. The number of hydrogen-bond acceptors (Lipinski definition) is 6. The average Bonchev–Trinajstić information content (AvgIpc) is 3.16. The number of aromatic nitrogens is 1. The van der Waals surface area contributed by atoms with Crippen LogP contribution in [0.4, 0.5) is 10.8 Å². The van der Waals surface area contributed by atoms with Crippen LogP contribution in [0.1, 0.15) is 12.6 Å². The van der Waals surface area contributed by atoms with Crippen LogP contribution in [0.15, 0.2) is 53.3 Å². The Labute approximate surface area is 165 Å². The van der Waals surface area contributed by atoms with Crippen molar-refractivity contribution in [2.24, 2.45) is 0 Å². The topological polar surface area (TPSA) is 53.5 Å². The number of amides is 2. The Bertz CT molecular complexity index is 905. The molecule has 2 heterocycles. The lowest BCUT2D eigenvalue weighted by molar-refractivity contribution is -0.121. The van der Waals surface area contributed by atoms with Crippen LogP contribution in [0.3, 0.4) is 0 Å².